The van der Waals surface area contributed by atoms with Crippen LogP contribution in [-0.2, 0) is 0 Å². The molecule has 0 bridgehead atoms. The third-order valence-corrected chi connectivity index (χ3v) is 14.2. The second-order valence-electron chi connectivity index (χ2n) is 16.5. The number of hydrogen-bond donors (Lipinski definition) is 0. The molecule has 0 aliphatic carbocycles. The van der Waals surface area contributed by atoms with Crippen molar-refractivity contribution >= 4 is 103 Å². The molecule has 0 saturated carbocycles. The van der Waals surface area contributed by atoms with Gasteiger partial charge >= 0.3 is 0 Å². The van der Waals surface area contributed by atoms with Crippen molar-refractivity contribution in [1.29, 1.82) is 0 Å². The maximum atomic E-state index is 2.45. The molecule has 63 heavy (non-hydrogen) atoms. The van der Waals surface area contributed by atoms with Crippen LogP contribution in [0.3, 0.4) is 0 Å². The minimum absolute atomic E-state index is 1.11. The van der Waals surface area contributed by atoms with Gasteiger partial charge < -0.3 is 9.47 Å². The molecule has 0 aliphatic rings. The molecule has 13 rings (SSSR count). The number of thiophene rings is 1. The van der Waals surface area contributed by atoms with E-state index < -0.39 is 0 Å². The SMILES string of the molecule is c1ccc(-n2c3cc(-c4ccc(N(c5ccc(-c6ccc7ccc8ccccc8c7c6)cc5)c5cccc6c5sc5ccccc56)cc4)ccc3c3ccc4ccccc4c32)cc1. The Balaban J connectivity index is 0.939. The Kier molecular flexibility index (Phi) is 8.12. The average molecular weight is 819 g/mol. The lowest BCUT2D eigenvalue weighted by molar-refractivity contribution is 1.19. The molecule has 0 fully saturated rings. The van der Waals surface area contributed by atoms with E-state index in [0.29, 0.717) is 0 Å². The third kappa shape index (κ3) is 5.78. The molecule has 0 saturated heterocycles. The van der Waals surface area contributed by atoms with E-state index in [1.54, 1.807) is 0 Å². The Morgan fingerprint density at radius 3 is 1.63 bits per heavy atom. The average Bonchev–Trinajstić information content (AvgIpc) is 3.91. The maximum Gasteiger partial charge on any atom is 0.0640 e. The first kappa shape index (κ1) is 35.7. The summed E-state index contributed by atoms with van der Waals surface area (Å²) in [6.45, 7) is 0. The molecule has 2 heterocycles. The van der Waals surface area contributed by atoms with E-state index in [1.165, 1.54) is 102 Å². The molecule has 0 amide bonds. The highest BCUT2D eigenvalue weighted by Gasteiger charge is 2.20. The molecule has 0 aliphatic heterocycles. The monoisotopic (exact) mass is 818 g/mol. The quantitative estimate of drug-likeness (QED) is 0.152. The Morgan fingerprint density at radius 1 is 0.333 bits per heavy atom. The van der Waals surface area contributed by atoms with E-state index in [4.69, 9.17) is 0 Å². The first-order chi connectivity index (χ1) is 31.2. The van der Waals surface area contributed by atoms with Crippen LogP contribution in [0, 0.1) is 0 Å². The van der Waals surface area contributed by atoms with Crippen molar-refractivity contribution in [2.45, 2.75) is 0 Å². The maximum absolute atomic E-state index is 2.45. The van der Waals surface area contributed by atoms with Gasteiger partial charge in [0.15, 0.2) is 0 Å². The van der Waals surface area contributed by atoms with E-state index in [0.717, 1.165) is 17.1 Å². The van der Waals surface area contributed by atoms with Gasteiger partial charge in [-0.15, -0.1) is 11.3 Å². The molecule has 11 aromatic carbocycles. The van der Waals surface area contributed by atoms with Gasteiger partial charge in [0.05, 0.1) is 21.4 Å². The highest BCUT2D eigenvalue weighted by atomic mass is 32.1. The van der Waals surface area contributed by atoms with Gasteiger partial charge in [-0.25, -0.2) is 0 Å². The van der Waals surface area contributed by atoms with Gasteiger partial charge in [0.2, 0.25) is 0 Å². The van der Waals surface area contributed by atoms with Gasteiger partial charge in [-0.2, -0.15) is 0 Å². The lowest BCUT2D eigenvalue weighted by Gasteiger charge is -2.26. The molecular formula is C60H38N2S. The van der Waals surface area contributed by atoms with E-state index >= 15 is 0 Å². The number of aromatic nitrogens is 1. The van der Waals surface area contributed by atoms with Crippen molar-refractivity contribution in [2.24, 2.45) is 0 Å². The smallest absolute Gasteiger partial charge is 0.0640 e. The summed E-state index contributed by atoms with van der Waals surface area (Å²) < 4.78 is 5.02. The van der Waals surface area contributed by atoms with Crippen molar-refractivity contribution in [1.82, 2.24) is 4.57 Å². The molecule has 0 N–H and O–H groups in total. The van der Waals surface area contributed by atoms with Gasteiger partial charge in [0.1, 0.15) is 0 Å². The largest absolute Gasteiger partial charge is 0.309 e. The minimum atomic E-state index is 1.11. The molecule has 3 heteroatoms. The zero-order valence-corrected chi connectivity index (χ0v) is 35.1. The minimum Gasteiger partial charge on any atom is -0.309 e. The van der Waals surface area contributed by atoms with E-state index in [-0.39, 0.29) is 0 Å². The van der Waals surface area contributed by atoms with Crippen LogP contribution in [0.1, 0.15) is 0 Å². The van der Waals surface area contributed by atoms with Gasteiger partial charge in [-0.05, 0) is 110 Å². The van der Waals surface area contributed by atoms with Gasteiger partial charge in [0, 0.05) is 48.7 Å². The molecule has 2 nitrogen and oxygen atoms in total. The molecule has 294 valence electrons. The normalized spacial score (nSPS) is 11.8. The van der Waals surface area contributed by atoms with Crippen LogP contribution >= 0.6 is 11.3 Å². The van der Waals surface area contributed by atoms with E-state index in [2.05, 4.69) is 240 Å². The standard InChI is InChI=1S/C60H38N2S/c1-2-13-46(14-3-1)62-57-38-45(30-35-51(57)53-36-29-42-12-5-7-16-50(42)59(53)62)40-27-33-48(34-28-40)61(56-19-10-18-54-52-17-8-9-20-58(52)63-60(54)56)47-31-25-39(26-32-47)44-24-23-43-22-21-41-11-4-6-15-49(41)55(43)37-44/h1-38H. The van der Waals surface area contributed by atoms with Crippen molar-refractivity contribution in [3.05, 3.63) is 231 Å². The van der Waals surface area contributed by atoms with Crippen LogP contribution in [0.25, 0.3) is 102 Å². The Morgan fingerprint density at radius 2 is 0.873 bits per heavy atom. The van der Waals surface area contributed by atoms with Crippen molar-refractivity contribution in [2.75, 3.05) is 4.90 Å². The van der Waals surface area contributed by atoms with E-state index in [9.17, 15) is 0 Å². The van der Waals surface area contributed by atoms with Crippen LogP contribution in [0.15, 0.2) is 231 Å². The van der Waals surface area contributed by atoms with Crippen molar-refractivity contribution < 1.29 is 0 Å². The number of anilines is 3. The zero-order valence-electron chi connectivity index (χ0n) is 34.2. The fourth-order valence-electron chi connectivity index (χ4n) is 9.93. The predicted molar refractivity (Wildman–Crippen MR) is 272 cm³/mol. The van der Waals surface area contributed by atoms with Gasteiger partial charge in [-0.1, -0.05) is 170 Å². The summed E-state index contributed by atoms with van der Waals surface area (Å²) in [5, 5.41) is 12.7. The number of hydrogen-bond acceptors (Lipinski definition) is 2. The van der Waals surface area contributed by atoms with Crippen LogP contribution in [0.2, 0.25) is 0 Å². The Bertz CT molecular complexity index is 3900. The third-order valence-electron chi connectivity index (χ3n) is 13.0. The number of fused-ring (bicyclic) bond motifs is 11. The second kappa shape index (κ2) is 14.3. The molecule has 0 radical (unpaired) electrons. The number of nitrogens with zero attached hydrogens (tertiary/aromatic N) is 2. The summed E-state index contributed by atoms with van der Waals surface area (Å²) in [6, 6.07) is 84.7. The lowest BCUT2D eigenvalue weighted by atomic mass is 9.97. The molecule has 0 atom stereocenters. The zero-order chi connectivity index (χ0) is 41.4. The van der Waals surface area contributed by atoms with Crippen molar-refractivity contribution in [3.8, 4) is 27.9 Å². The first-order valence-electron chi connectivity index (χ1n) is 21.6. The summed E-state index contributed by atoms with van der Waals surface area (Å²) in [5.41, 5.74) is 11.8. The lowest BCUT2D eigenvalue weighted by Crippen LogP contribution is -2.10. The summed E-state index contributed by atoms with van der Waals surface area (Å²) in [4.78, 5) is 2.43. The van der Waals surface area contributed by atoms with Gasteiger partial charge in [0.25, 0.3) is 0 Å². The molecule has 2 aromatic heterocycles. The topological polar surface area (TPSA) is 8.17 Å². The summed E-state index contributed by atoms with van der Waals surface area (Å²) in [5.74, 6) is 0. The number of para-hydroxylation sites is 1. The van der Waals surface area contributed by atoms with Gasteiger partial charge in [-0.3, -0.25) is 0 Å². The summed E-state index contributed by atoms with van der Waals surface area (Å²) >= 11 is 1.87. The van der Waals surface area contributed by atoms with Crippen LogP contribution in [0.4, 0.5) is 17.1 Å². The summed E-state index contributed by atoms with van der Waals surface area (Å²) in [7, 11) is 0. The number of rotatable bonds is 6. The Hall–Kier alpha value is -7.98. The van der Waals surface area contributed by atoms with E-state index in [1.807, 2.05) is 11.3 Å². The molecule has 0 spiro atoms. The van der Waals surface area contributed by atoms with Crippen molar-refractivity contribution in [3.63, 3.8) is 0 Å². The highest BCUT2D eigenvalue weighted by Crippen LogP contribution is 2.46. The van der Waals surface area contributed by atoms with Crippen LogP contribution in [0.5, 0.6) is 0 Å². The van der Waals surface area contributed by atoms with Crippen LogP contribution in [-0.4, -0.2) is 4.57 Å². The van der Waals surface area contributed by atoms with Crippen LogP contribution < -0.4 is 4.90 Å². The molecule has 13 aromatic rings. The highest BCUT2D eigenvalue weighted by molar-refractivity contribution is 7.26. The predicted octanol–water partition coefficient (Wildman–Crippen LogP) is 17.4. The Labute approximate surface area is 368 Å². The first-order valence-corrected chi connectivity index (χ1v) is 22.4. The molecule has 0 unspecified atom stereocenters. The second-order valence-corrected chi connectivity index (χ2v) is 17.5. The summed E-state index contributed by atoms with van der Waals surface area (Å²) in [6.07, 6.45) is 0. The fraction of sp³-hybridized carbons (Fsp3) is 0. The number of benzene rings is 11. The fourth-order valence-corrected chi connectivity index (χ4v) is 11.1. The molecular weight excluding hydrogens is 781 g/mol.